The van der Waals surface area contributed by atoms with Crippen molar-refractivity contribution >= 4 is 32.8 Å². The summed E-state index contributed by atoms with van der Waals surface area (Å²) in [6.07, 6.45) is -0.567. The van der Waals surface area contributed by atoms with E-state index in [1.54, 1.807) is 39.8 Å². The lowest BCUT2D eigenvalue weighted by Crippen LogP contribution is -2.34. The number of halogens is 1. The first-order valence-electron chi connectivity index (χ1n) is 6.90. The minimum absolute atomic E-state index is 0.356. The molecule has 0 saturated heterocycles. The summed E-state index contributed by atoms with van der Waals surface area (Å²) >= 11 is 3.44. The quantitative estimate of drug-likeness (QED) is 0.865. The summed E-state index contributed by atoms with van der Waals surface area (Å²) in [7, 11) is 0. The lowest BCUT2D eigenvalue weighted by Gasteiger charge is -2.22. The van der Waals surface area contributed by atoms with Gasteiger partial charge in [-0.3, -0.25) is 0 Å². The second-order valence-corrected chi connectivity index (χ2v) is 6.77. The number of hydrogen-bond acceptors (Lipinski definition) is 4. The first-order valence-corrected chi connectivity index (χ1v) is 7.69. The van der Waals surface area contributed by atoms with E-state index in [4.69, 9.17) is 9.15 Å². The largest absolute Gasteiger partial charge is 0.444 e. The Morgan fingerprint density at radius 1 is 1.27 bits per heavy atom. The number of fused-ring (bicyclic) bond motifs is 1. The fraction of sp³-hybridized carbons (Fsp3) is 0.375. The van der Waals surface area contributed by atoms with Gasteiger partial charge < -0.3 is 14.5 Å². The standard InChI is InChI=1S/C16H18BrNO4/c1-9(18-15(20)22-16(2,3)4)13-12(17)10-7-5-6-8-11(10)14(19)21-13/h5-9H,1-4H3,(H,18,20). The van der Waals surface area contributed by atoms with Crippen LogP contribution in [0.25, 0.3) is 10.8 Å². The van der Waals surface area contributed by atoms with Crippen molar-refractivity contribution in [3.05, 3.63) is 44.9 Å². The molecule has 1 atom stereocenters. The minimum atomic E-state index is -0.592. The van der Waals surface area contributed by atoms with Gasteiger partial charge in [-0.05, 0) is 49.7 Å². The van der Waals surface area contributed by atoms with Crippen LogP contribution in [0.15, 0.2) is 37.9 Å². The predicted molar refractivity (Wildman–Crippen MR) is 88.0 cm³/mol. The van der Waals surface area contributed by atoms with Crippen LogP contribution in [0.1, 0.15) is 39.5 Å². The highest BCUT2D eigenvalue weighted by atomic mass is 79.9. The highest BCUT2D eigenvalue weighted by Crippen LogP contribution is 2.29. The predicted octanol–water partition coefficient (Wildman–Crippen LogP) is 4.14. The Morgan fingerprint density at radius 2 is 1.86 bits per heavy atom. The van der Waals surface area contributed by atoms with E-state index in [-0.39, 0.29) is 0 Å². The maximum atomic E-state index is 12.0. The molecule has 1 aromatic heterocycles. The molecular formula is C16H18BrNO4. The van der Waals surface area contributed by atoms with Crippen LogP contribution in [0.3, 0.4) is 0 Å². The first-order chi connectivity index (χ1) is 10.2. The molecule has 5 nitrogen and oxygen atoms in total. The van der Waals surface area contributed by atoms with Crippen LogP contribution in [0.4, 0.5) is 4.79 Å². The summed E-state index contributed by atoms with van der Waals surface area (Å²) in [5.41, 5.74) is -1.03. The van der Waals surface area contributed by atoms with Gasteiger partial charge in [0.2, 0.25) is 0 Å². The van der Waals surface area contributed by atoms with Gasteiger partial charge in [0.1, 0.15) is 11.4 Å². The highest BCUT2D eigenvalue weighted by molar-refractivity contribution is 9.10. The fourth-order valence-electron chi connectivity index (χ4n) is 2.01. The number of rotatable bonds is 2. The number of ether oxygens (including phenoxy) is 1. The van der Waals surface area contributed by atoms with Crippen molar-refractivity contribution in [2.75, 3.05) is 0 Å². The van der Waals surface area contributed by atoms with E-state index in [1.165, 1.54) is 0 Å². The summed E-state index contributed by atoms with van der Waals surface area (Å²) < 4.78 is 11.2. The molecule has 1 aromatic carbocycles. The third-order valence-corrected chi connectivity index (χ3v) is 3.75. The van der Waals surface area contributed by atoms with Gasteiger partial charge in [0.15, 0.2) is 0 Å². The van der Waals surface area contributed by atoms with Gasteiger partial charge in [0.05, 0.1) is 15.9 Å². The van der Waals surface area contributed by atoms with E-state index < -0.39 is 23.4 Å². The zero-order valence-electron chi connectivity index (χ0n) is 12.9. The number of alkyl carbamates (subject to hydrolysis) is 1. The maximum Gasteiger partial charge on any atom is 0.408 e. The Bertz CT molecular complexity index is 761. The van der Waals surface area contributed by atoms with Crippen molar-refractivity contribution in [1.82, 2.24) is 5.32 Å². The van der Waals surface area contributed by atoms with Crippen LogP contribution < -0.4 is 10.9 Å². The normalized spacial score (nSPS) is 13.0. The third kappa shape index (κ3) is 3.68. The molecule has 2 rings (SSSR count). The van der Waals surface area contributed by atoms with Gasteiger partial charge in [-0.2, -0.15) is 0 Å². The van der Waals surface area contributed by atoms with Crippen molar-refractivity contribution in [3.63, 3.8) is 0 Å². The molecule has 0 spiro atoms. The summed E-state index contributed by atoms with van der Waals surface area (Å²) in [4.78, 5) is 23.9. The number of carbonyl (C=O) groups excluding carboxylic acids is 1. The van der Waals surface area contributed by atoms with Crippen molar-refractivity contribution in [3.8, 4) is 0 Å². The lowest BCUT2D eigenvalue weighted by atomic mass is 10.1. The topological polar surface area (TPSA) is 68.5 Å². The molecule has 118 valence electrons. The Labute approximate surface area is 136 Å². The van der Waals surface area contributed by atoms with Crippen LogP contribution in [0.2, 0.25) is 0 Å². The van der Waals surface area contributed by atoms with Gasteiger partial charge in [-0.1, -0.05) is 18.2 Å². The number of nitrogens with one attached hydrogen (secondary N) is 1. The molecule has 1 unspecified atom stereocenters. The van der Waals surface area contributed by atoms with Crippen LogP contribution >= 0.6 is 15.9 Å². The number of benzene rings is 1. The molecule has 0 fully saturated rings. The summed E-state index contributed by atoms with van der Waals surface area (Å²) in [6.45, 7) is 7.07. The molecule has 22 heavy (non-hydrogen) atoms. The van der Waals surface area contributed by atoms with Crippen LogP contribution in [0, 0.1) is 0 Å². The Kier molecular flexibility index (Phi) is 4.60. The van der Waals surface area contributed by atoms with Gasteiger partial charge in [-0.25, -0.2) is 9.59 Å². The maximum absolute atomic E-state index is 12.0. The highest BCUT2D eigenvalue weighted by Gasteiger charge is 2.22. The zero-order chi connectivity index (χ0) is 16.5. The summed E-state index contributed by atoms with van der Waals surface area (Å²) in [5, 5.41) is 3.89. The Morgan fingerprint density at radius 3 is 2.45 bits per heavy atom. The van der Waals surface area contributed by atoms with E-state index in [1.807, 2.05) is 12.1 Å². The van der Waals surface area contributed by atoms with E-state index in [2.05, 4.69) is 21.2 Å². The third-order valence-electron chi connectivity index (χ3n) is 2.93. The van der Waals surface area contributed by atoms with Crippen LogP contribution in [-0.4, -0.2) is 11.7 Å². The number of hydrogen-bond donors (Lipinski definition) is 1. The summed E-state index contributed by atoms with van der Waals surface area (Å²) in [5.74, 6) is 0.356. The SMILES string of the molecule is CC(NC(=O)OC(C)(C)C)c1oc(=O)c2ccccc2c1Br. The number of carbonyl (C=O) groups is 1. The van der Waals surface area contributed by atoms with Crippen molar-refractivity contribution < 1.29 is 13.9 Å². The van der Waals surface area contributed by atoms with Crippen LogP contribution in [0.5, 0.6) is 0 Å². The Hall–Kier alpha value is -1.82. The molecular weight excluding hydrogens is 350 g/mol. The second kappa shape index (κ2) is 6.12. The van der Waals surface area contributed by atoms with Crippen molar-refractivity contribution in [2.45, 2.75) is 39.3 Å². The summed E-state index contributed by atoms with van der Waals surface area (Å²) in [6, 6.07) is 6.61. The monoisotopic (exact) mass is 367 g/mol. The van der Waals surface area contributed by atoms with Gasteiger partial charge >= 0.3 is 11.7 Å². The molecule has 1 heterocycles. The van der Waals surface area contributed by atoms with Gasteiger partial charge in [0, 0.05) is 5.39 Å². The van der Waals surface area contributed by atoms with Gasteiger partial charge in [-0.15, -0.1) is 0 Å². The van der Waals surface area contributed by atoms with E-state index in [9.17, 15) is 9.59 Å². The average Bonchev–Trinajstić information content (AvgIpc) is 2.40. The molecule has 0 saturated carbocycles. The van der Waals surface area contributed by atoms with Gasteiger partial charge in [0.25, 0.3) is 0 Å². The molecule has 0 aliphatic rings. The van der Waals surface area contributed by atoms with Crippen molar-refractivity contribution in [1.29, 1.82) is 0 Å². The molecule has 0 aliphatic heterocycles. The molecule has 0 radical (unpaired) electrons. The Balaban J connectivity index is 2.33. The van der Waals surface area contributed by atoms with E-state index in [0.29, 0.717) is 15.6 Å². The second-order valence-electron chi connectivity index (χ2n) is 5.98. The molecule has 6 heteroatoms. The van der Waals surface area contributed by atoms with E-state index >= 15 is 0 Å². The lowest BCUT2D eigenvalue weighted by molar-refractivity contribution is 0.0501. The fourth-order valence-corrected chi connectivity index (χ4v) is 2.78. The van der Waals surface area contributed by atoms with Crippen LogP contribution in [-0.2, 0) is 4.74 Å². The first kappa shape index (κ1) is 16.5. The molecule has 0 aliphatic carbocycles. The number of amides is 1. The minimum Gasteiger partial charge on any atom is -0.444 e. The molecule has 2 aromatic rings. The smallest absolute Gasteiger partial charge is 0.408 e. The van der Waals surface area contributed by atoms with E-state index in [0.717, 1.165) is 5.39 Å². The van der Waals surface area contributed by atoms with Crippen molar-refractivity contribution in [2.24, 2.45) is 0 Å². The molecule has 0 bridgehead atoms. The average molecular weight is 368 g/mol. The zero-order valence-corrected chi connectivity index (χ0v) is 14.5. The molecule has 1 amide bonds. The molecule has 1 N–H and O–H groups in total.